The number of halogens is 1. The van der Waals surface area contributed by atoms with Gasteiger partial charge in [0.25, 0.3) is 5.91 Å². The second-order valence-electron chi connectivity index (χ2n) is 3.39. The van der Waals surface area contributed by atoms with Crippen LogP contribution in [-0.2, 0) is 4.79 Å². The van der Waals surface area contributed by atoms with Gasteiger partial charge in [0.05, 0.1) is 5.56 Å². The Bertz CT molecular complexity index is 441. The largest absolute Gasteiger partial charge is 0.484 e. The molecule has 0 radical (unpaired) electrons. The van der Waals surface area contributed by atoms with E-state index in [-0.39, 0.29) is 23.8 Å². The second kappa shape index (κ2) is 6.48. The smallest absolute Gasteiger partial charge is 0.257 e. The number of ether oxygens (including phenoxy) is 1. The van der Waals surface area contributed by atoms with Crippen molar-refractivity contribution in [2.24, 2.45) is 0 Å². The molecule has 17 heavy (non-hydrogen) atoms. The summed E-state index contributed by atoms with van der Waals surface area (Å²) in [5.74, 6) is -0.677. The Balaban J connectivity index is 2.50. The van der Waals surface area contributed by atoms with Crippen LogP contribution in [0.3, 0.4) is 0 Å². The summed E-state index contributed by atoms with van der Waals surface area (Å²) in [4.78, 5) is 11.2. The molecule has 90 valence electrons. The van der Waals surface area contributed by atoms with Crippen LogP contribution in [0.4, 0.5) is 4.39 Å². The van der Waals surface area contributed by atoms with E-state index >= 15 is 0 Å². The average molecular weight is 236 g/mol. The van der Waals surface area contributed by atoms with Crippen LogP contribution in [0.5, 0.6) is 5.75 Å². The summed E-state index contributed by atoms with van der Waals surface area (Å²) in [5, 5.41) is 11.2. The number of nitrogens with zero attached hydrogens (tertiary/aromatic N) is 1. The number of rotatable bonds is 5. The van der Waals surface area contributed by atoms with Crippen LogP contribution in [0.1, 0.15) is 18.9 Å². The highest BCUT2D eigenvalue weighted by Crippen LogP contribution is 2.15. The Morgan fingerprint density at radius 2 is 2.35 bits per heavy atom. The summed E-state index contributed by atoms with van der Waals surface area (Å²) in [6, 6.07) is 5.56. The third kappa shape index (κ3) is 4.11. The van der Waals surface area contributed by atoms with Gasteiger partial charge in [-0.2, -0.15) is 5.26 Å². The molecule has 0 aromatic heterocycles. The normalized spacial score (nSPS) is 9.47. The fourth-order valence-corrected chi connectivity index (χ4v) is 1.14. The molecule has 0 fully saturated rings. The summed E-state index contributed by atoms with van der Waals surface area (Å²) in [6.07, 6.45) is 0.844. The van der Waals surface area contributed by atoms with Gasteiger partial charge in [0.2, 0.25) is 0 Å². The molecule has 5 heteroatoms. The zero-order chi connectivity index (χ0) is 12.7. The van der Waals surface area contributed by atoms with Crippen LogP contribution in [0.25, 0.3) is 0 Å². The van der Waals surface area contributed by atoms with Crippen LogP contribution in [0, 0.1) is 17.1 Å². The van der Waals surface area contributed by atoms with Crippen LogP contribution in [-0.4, -0.2) is 19.1 Å². The molecule has 1 N–H and O–H groups in total. The number of nitrogens with one attached hydrogen (secondary N) is 1. The summed E-state index contributed by atoms with van der Waals surface area (Å²) in [7, 11) is 0. The highest BCUT2D eigenvalue weighted by Gasteiger charge is 2.05. The highest BCUT2D eigenvalue weighted by molar-refractivity contribution is 5.77. The van der Waals surface area contributed by atoms with Crippen molar-refractivity contribution in [1.29, 1.82) is 5.26 Å². The first kappa shape index (κ1) is 13.0. The van der Waals surface area contributed by atoms with Crippen molar-refractivity contribution >= 4 is 5.91 Å². The molecule has 0 unspecified atom stereocenters. The van der Waals surface area contributed by atoms with E-state index < -0.39 is 5.82 Å². The van der Waals surface area contributed by atoms with E-state index in [4.69, 9.17) is 10.00 Å². The number of hydrogen-bond acceptors (Lipinski definition) is 3. The standard InChI is InChI=1S/C12H13FN2O2/c1-2-5-15-12(16)8-17-10-4-3-9(7-14)11(13)6-10/h3-4,6H,2,5,8H2,1H3,(H,15,16). The van der Waals surface area contributed by atoms with Gasteiger partial charge >= 0.3 is 0 Å². The van der Waals surface area contributed by atoms with E-state index in [9.17, 15) is 9.18 Å². The zero-order valence-electron chi connectivity index (χ0n) is 9.50. The van der Waals surface area contributed by atoms with Gasteiger partial charge in [0.1, 0.15) is 17.6 Å². The SMILES string of the molecule is CCCNC(=O)COc1ccc(C#N)c(F)c1. The van der Waals surface area contributed by atoms with Gasteiger partial charge in [-0.05, 0) is 18.6 Å². The summed E-state index contributed by atoms with van der Waals surface area (Å²) in [6.45, 7) is 2.37. The lowest BCUT2D eigenvalue weighted by Gasteiger charge is -2.06. The first-order valence-electron chi connectivity index (χ1n) is 5.26. The van der Waals surface area contributed by atoms with E-state index in [2.05, 4.69) is 5.32 Å². The van der Waals surface area contributed by atoms with Crippen molar-refractivity contribution in [2.45, 2.75) is 13.3 Å². The Hall–Kier alpha value is -2.09. The minimum atomic E-state index is -0.654. The number of amides is 1. The molecule has 0 heterocycles. The molecule has 0 saturated carbocycles. The molecule has 1 aromatic carbocycles. The van der Waals surface area contributed by atoms with Gasteiger partial charge in [-0.25, -0.2) is 4.39 Å². The molecule has 0 aliphatic carbocycles. The Kier molecular flexibility index (Phi) is 4.95. The third-order valence-corrected chi connectivity index (χ3v) is 2.00. The van der Waals surface area contributed by atoms with Gasteiger partial charge in [-0.1, -0.05) is 6.92 Å². The maximum absolute atomic E-state index is 13.2. The quantitative estimate of drug-likeness (QED) is 0.844. The maximum atomic E-state index is 13.2. The van der Waals surface area contributed by atoms with Gasteiger partial charge in [-0.15, -0.1) is 0 Å². The molecule has 0 bridgehead atoms. The second-order valence-corrected chi connectivity index (χ2v) is 3.39. The number of carbonyl (C=O) groups excluding carboxylic acids is 1. The van der Waals surface area contributed by atoms with Crippen molar-refractivity contribution in [3.05, 3.63) is 29.6 Å². The molecule has 0 aliphatic rings. The minimum Gasteiger partial charge on any atom is -0.484 e. The van der Waals surface area contributed by atoms with Crippen molar-refractivity contribution in [3.8, 4) is 11.8 Å². The number of carbonyl (C=O) groups is 1. The molecular formula is C12H13FN2O2. The summed E-state index contributed by atoms with van der Waals surface area (Å²) in [5.41, 5.74) is -0.0483. The van der Waals surface area contributed by atoms with Gasteiger partial charge in [0, 0.05) is 12.6 Å². The van der Waals surface area contributed by atoms with Crippen molar-refractivity contribution in [3.63, 3.8) is 0 Å². The molecule has 1 rings (SSSR count). The molecule has 0 spiro atoms. The van der Waals surface area contributed by atoms with E-state index in [1.54, 1.807) is 6.07 Å². The number of nitriles is 1. The number of hydrogen-bond donors (Lipinski definition) is 1. The molecule has 0 aliphatic heterocycles. The van der Waals surface area contributed by atoms with Gasteiger partial charge in [0.15, 0.2) is 6.61 Å². The lowest BCUT2D eigenvalue weighted by molar-refractivity contribution is -0.123. The summed E-state index contributed by atoms with van der Waals surface area (Å²) < 4.78 is 18.3. The molecule has 0 atom stereocenters. The van der Waals surface area contributed by atoms with Gasteiger partial charge < -0.3 is 10.1 Å². The lowest BCUT2D eigenvalue weighted by Crippen LogP contribution is -2.29. The topological polar surface area (TPSA) is 62.1 Å². The molecular weight excluding hydrogens is 223 g/mol. The molecule has 0 saturated heterocycles. The van der Waals surface area contributed by atoms with Crippen molar-refractivity contribution in [2.75, 3.05) is 13.2 Å². The highest BCUT2D eigenvalue weighted by atomic mass is 19.1. The van der Waals surface area contributed by atoms with Crippen LogP contribution < -0.4 is 10.1 Å². The number of benzene rings is 1. The first-order valence-corrected chi connectivity index (χ1v) is 5.26. The Labute approximate surface area is 99.0 Å². The first-order chi connectivity index (χ1) is 8.17. The predicted molar refractivity (Wildman–Crippen MR) is 59.9 cm³/mol. The van der Waals surface area contributed by atoms with Crippen molar-refractivity contribution in [1.82, 2.24) is 5.32 Å². The van der Waals surface area contributed by atoms with E-state index in [0.29, 0.717) is 6.54 Å². The van der Waals surface area contributed by atoms with E-state index in [1.165, 1.54) is 12.1 Å². The fraction of sp³-hybridized carbons (Fsp3) is 0.333. The minimum absolute atomic E-state index is 0.0483. The van der Waals surface area contributed by atoms with E-state index in [1.807, 2.05) is 6.92 Å². The molecule has 1 amide bonds. The van der Waals surface area contributed by atoms with Crippen molar-refractivity contribution < 1.29 is 13.9 Å². The average Bonchev–Trinajstić information content (AvgIpc) is 2.34. The van der Waals surface area contributed by atoms with E-state index in [0.717, 1.165) is 12.5 Å². The Morgan fingerprint density at radius 3 is 2.94 bits per heavy atom. The molecule has 1 aromatic rings. The maximum Gasteiger partial charge on any atom is 0.257 e. The van der Waals surface area contributed by atoms with Crippen LogP contribution in [0.2, 0.25) is 0 Å². The monoisotopic (exact) mass is 236 g/mol. The fourth-order valence-electron chi connectivity index (χ4n) is 1.14. The molecule has 4 nitrogen and oxygen atoms in total. The van der Waals surface area contributed by atoms with Gasteiger partial charge in [-0.3, -0.25) is 4.79 Å². The predicted octanol–water partition coefficient (Wildman–Crippen LogP) is 1.60. The zero-order valence-corrected chi connectivity index (χ0v) is 9.50. The third-order valence-electron chi connectivity index (χ3n) is 2.00. The lowest BCUT2D eigenvalue weighted by atomic mass is 10.2. The van der Waals surface area contributed by atoms with Crippen LogP contribution >= 0.6 is 0 Å². The Morgan fingerprint density at radius 1 is 1.59 bits per heavy atom. The summed E-state index contributed by atoms with van der Waals surface area (Å²) >= 11 is 0. The van der Waals surface area contributed by atoms with Crippen LogP contribution in [0.15, 0.2) is 18.2 Å².